The van der Waals surface area contributed by atoms with Crippen LogP contribution in [-0.2, 0) is 0 Å². The minimum Gasteiger partial charge on any atom is -0.306 e. The third-order valence-electron chi connectivity index (χ3n) is 3.08. The molecule has 0 unspecified atom stereocenters. The Bertz CT molecular complexity index is 308. The van der Waals surface area contributed by atoms with Crippen LogP contribution in [-0.4, -0.2) is 34.8 Å². The molecular formula is C11H19N3. The van der Waals surface area contributed by atoms with E-state index in [0.29, 0.717) is 6.04 Å². The molecule has 14 heavy (non-hydrogen) atoms. The average molecular weight is 193 g/mol. The maximum Gasteiger partial charge on any atom is 0.0596 e. The number of hydrogen-bond donors (Lipinski definition) is 0. The van der Waals surface area contributed by atoms with Crippen LogP contribution in [0.15, 0.2) is 6.07 Å². The van der Waals surface area contributed by atoms with Gasteiger partial charge in [-0.1, -0.05) is 0 Å². The Morgan fingerprint density at radius 2 is 1.93 bits per heavy atom. The Morgan fingerprint density at radius 3 is 2.43 bits per heavy atom. The van der Waals surface area contributed by atoms with Gasteiger partial charge >= 0.3 is 0 Å². The van der Waals surface area contributed by atoms with Crippen molar-refractivity contribution in [3.63, 3.8) is 0 Å². The lowest BCUT2D eigenvalue weighted by Gasteiger charge is -2.29. The van der Waals surface area contributed by atoms with Gasteiger partial charge in [-0.2, -0.15) is 5.10 Å². The Hall–Kier alpha value is -0.830. The highest BCUT2D eigenvalue weighted by atomic mass is 15.3. The van der Waals surface area contributed by atoms with Crippen LogP contribution in [0.25, 0.3) is 0 Å². The summed E-state index contributed by atoms with van der Waals surface area (Å²) in [7, 11) is 2.19. The molecule has 1 fully saturated rings. The van der Waals surface area contributed by atoms with Gasteiger partial charge in [-0.25, -0.2) is 0 Å². The highest BCUT2D eigenvalue weighted by molar-refractivity contribution is 5.07. The second kappa shape index (κ2) is 3.73. The number of likely N-dealkylation sites (tertiary alicyclic amines) is 1. The Kier molecular flexibility index (Phi) is 2.59. The first-order valence-corrected chi connectivity index (χ1v) is 5.38. The van der Waals surface area contributed by atoms with Gasteiger partial charge in [0.25, 0.3) is 0 Å². The van der Waals surface area contributed by atoms with Crippen LogP contribution in [0.3, 0.4) is 0 Å². The van der Waals surface area contributed by atoms with Gasteiger partial charge in [0.1, 0.15) is 0 Å². The third-order valence-corrected chi connectivity index (χ3v) is 3.08. The number of rotatable bonds is 1. The summed E-state index contributed by atoms with van der Waals surface area (Å²) >= 11 is 0. The summed E-state index contributed by atoms with van der Waals surface area (Å²) in [6.45, 7) is 6.61. The SMILES string of the molecule is Cc1cc(C)n(C2CCN(C)CC2)n1. The van der Waals surface area contributed by atoms with Crippen LogP contribution < -0.4 is 0 Å². The standard InChI is InChI=1S/C11H19N3/c1-9-8-10(2)14(12-9)11-4-6-13(3)7-5-11/h8,11H,4-7H2,1-3H3. The van der Waals surface area contributed by atoms with Gasteiger partial charge in [0.2, 0.25) is 0 Å². The molecule has 1 aromatic heterocycles. The van der Waals surface area contributed by atoms with Crippen molar-refractivity contribution in [2.24, 2.45) is 0 Å². The zero-order valence-electron chi connectivity index (χ0n) is 9.32. The molecule has 0 aromatic carbocycles. The molecule has 0 N–H and O–H groups in total. The van der Waals surface area contributed by atoms with Gasteiger partial charge in [0, 0.05) is 5.69 Å². The van der Waals surface area contributed by atoms with Crippen molar-refractivity contribution < 1.29 is 0 Å². The van der Waals surface area contributed by atoms with Gasteiger partial charge in [0.15, 0.2) is 0 Å². The van der Waals surface area contributed by atoms with Crippen molar-refractivity contribution >= 4 is 0 Å². The zero-order valence-corrected chi connectivity index (χ0v) is 9.32. The summed E-state index contributed by atoms with van der Waals surface area (Å²) in [6, 6.07) is 2.79. The largest absolute Gasteiger partial charge is 0.306 e. The predicted octanol–water partition coefficient (Wildman–Crippen LogP) is 1.77. The normalized spacial score (nSPS) is 20.2. The number of aryl methyl sites for hydroxylation is 2. The molecule has 0 aliphatic carbocycles. The highest BCUT2D eigenvalue weighted by Gasteiger charge is 2.19. The fourth-order valence-electron chi connectivity index (χ4n) is 2.26. The monoisotopic (exact) mass is 193 g/mol. The molecule has 1 aliphatic rings. The maximum atomic E-state index is 4.56. The summed E-state index contributed by atoms with van der Waals surface area (Å²) in [4.78, 5) is 2.39. The van der Waals surface area contributed by atoms with E-state index in [4.69, 9.17) is 0 Å². The van der Waals surface area contributed by atoms with Crippen LogP contribution in [0.1, 0.15) is 30.3 Å². The van der Waals surface area contributed by atoms with E-state index in [1.807, 2.05) is 0 Å². The topological polar surface area (TPSA) is 21.1 Å². The molecule has 0 radical (unpaired) electrons. The van der Waals surface area contributed by atoms with Crippen molar-refractivity contribution in [2.75, 3.05) is 20.1 Å². The minimum absolute atomic E-state index is 0.625. The smallest absolute Gasteiger partial charge is 0.0596 e. The molecule has 1 aromatic rings. The summed E-state index contributed by atoms with van der Waals surface area (Å²) in [5.41, 5.74) is 2.44. The molecular weight excluding hydrogens is 174 g/mol. The summed E-state index contributed by atoms with van der Waals surface area (Å²) in [5.74, 6) is 0. The Labute approximate surface area is 85.7 Å². The molecule has 0 spiro atoms. The van der Waals surface area contributed by atoms with Crippen molar-refractivity contribution in [1.82, 2.24) is 14.7 Å². The van der Waals surface area contributed by atoms with E-state index < -0.39 is 0 Å². The molecule has 78 valence electrons. The second-order valence-electron chi connectivity index (χ2n) is 4.41. The van der Waals surface area contributed by atoms with E-state index in [1.54, 1.807) is 0 Å². The van der Waals surface area contributed by atoms with Crippen LogP contribution in [0.5, 0.6) is 0 Å². The molecule has 0 bridgehead atoms. The Morgan fingerprint density at radius 1 is 1.29 bits per heavy atom. The van der Waals surface area contributed by atoms with Gasteiger partial charge in [0.05, 0.1) is 11.7 Å². The lowest BCUT2D eigenvalue weighted by molar-refractivity contribution is 0.210. The molecule has 3 nitrogen and oxygen atoms in total. The molecule has 0 saturated carbocycles. The fourth-order valence-corrected chi connectivity index (χ4v) is 2.26. The maximum absolute atomic E-state index is 4.56. The van der Waals surface area contributed by atoms with Gasteiger partial charge in [-0.15, -0.1) is 0 Å². The highest BCUT2D eigenvalue weighted by Crippen LogP contribution is 2.22. The molecule has 2 heterocycles. The van der Waals surface area contributed by atoms with E-state index in [0.717, 1.165) is 5.69 Å². The van der Waals surface area contributed by atoms with Crippen molar-refractivity contribution in [1.29, 1.82) is 0 Å². The number of hydrogen-bond acceptors (Lipinski definition) is 2. The lowest BCUT2D eigenvalue weighted by atomic mass is 10.1. The summed E-state index contributed by atoms with van der Waals surface area (Å²) in [5, 5.41) is 4.56. The number of piperidine rings is 1. The van der Waals surface area contributed by atoms with Crippen molar-refractivity contribution in [3.05, 3.63) is 17.5 Å². The van der Waals surface area contributed by atoms with Gasteiger partial charge in [-0.3, -0.25) is 4.68 Å². The zero-order chi connectivity index (χ0) is 10.1. The van der Waals surface area contributed by atoms with Crippen LogP contribution in [0.2, 0.25) is 0 Å². The molecule has 1 saturated heterocycles. The number of aromatic nitrogens is 2. The van der Waals surface area contributed by atoms with E-state index in [2.05, 4.69) is 41.6 Å². The lowest BCUT2D eigenvalue weighted by Crippen LogP contribution is -2.32. The van der Waals surface area contributed by atoms with Crippen LogP contribution in [0, 0.1) is 13.8 Å². The summed E-state index contributed by atoms with van der Waals surface area (Å²) < 4.78 is 2.21. The van der Waals surface area contributed by atoms with Crippen LogP contribution >= 0.6 is 0 Å². The quantitative estimate of drug-likeness (QED) is 0.677. The second-order valence-corrected chi connectivity index (χ2v) is 4.41. The van der Waals surface area contributed by atoms with E-state index in [9.17, 15) is 0 Å². The first-order valence-electron chi connectivity index (χ1n) is 5.38. The third kappa shape index (κ3) is 1.82. The van der Waals surface area contributed by atoms with Crippen LogP contribution in [0.4, 0.5) is 0 Å². The molecule has 0 atom stereocenters. The molecule has 0 amide bonds. The van der Waals surface area contributed by atoms with E-state index in [1.165, 1.54) is 31.6 Å². The van der Waals surface area contributed by atoms with Crippen molar-refractivity contribution in [3.8, 4) is 0 Å². The van der Waals surface area contributed by atoms with Gasteiger partial charge in [-0.05, 0) is 52.9 Å². The fraction of sp³-hybridized carbons (Fsp3) is 0.727. The first-order chi connectivity index (χ1) is 6.66. The van der Waals surface area contributed by atoms with Gasteiger partial charge < -0.3 is 4.90 Å². The van der Waals surface area contributed by atoms with E-state index >= 15 is 0 Å². The molecule has 2 rings (SSSR count). The predicted molar refractivity (Wildman–Crippen MR) is 57.5 cm³/mol. The summed E-state index contributed by atoms with van der Waals surface area (Å²) in [6.07, 6.45) is 2.47. The van der Waals surface area contributed by atoms with E-state index in [-0.39, 0.29) is 0 Å². The van der Waals surface area contributed by atoms with Crippen molar-refractivity contribution in [2.45, 2.75) is 32.7 Å². The first kappa shape index (κ1) is 9.71. The minimum atomic E-state index is 0.625. The average Bonchev–Trinajstić information content (AvgIpc) is 2.47. The molecule has 1 aliphatic heterocycles. The Balaban J connectivity index is 2.11. The molecule has 3 heteroatoms. The number of nitrogens with zero attached hydrogens (tertiary/aromatic N) is 3.